The molecular formula is C20H16BBrClN5O2S. The Hall–Kier alpha value is -2.40. The lowest BCUT2D eigenvalue weighted by atomic mass is 10.0. The van der Waals surface area contributed by atoms with Crippen LogP contribution in [0.2, 0.25) is 5.02 Å². The van der Waals surface area contributed by atoms with E-state index in [0.717, 1.165) is 5.56 Å². The topological polar surface area (TPSA) is 88.4 Å². The molecule has 0 aliphatic carbocycles. The van der Waals surface area contributed by atoms with Crippen LogP contribution in [0.3, 0.4) is 0 Å². The molecule has 0 saturated carbocycles. The van der Waals surface area contributed by atoms with E-state index in [1.807, 2.05) is 18.2 Å². The maximum absolute atomic E-state index is 12.5. The molecule has 0 unspecified atom stereocenters. The Morgan fingerprint density at radius 2 is 1.84 bits per heavy atom. The lowest BCUT2D eigenvalue weighted by Gasteiger charge is -2.13. The molecule has 2 aromatic heterocycles. The Morgan fingerprint density at radius 1 is 1.10 bits per heavy atom. The lowest BCUT2D eigenvalue weighted by Crippen LogP contribution is -2.29. The second-order valence-corrected chi connectivity index (χ2v) is 9.59. The molecule has 0 aliphatic rings. The normalized spacial score (nSPS) is 11.7. The summed E-state index contributed by atoms with van der Waals surface area (Å²) in [6, 6.07) is 15.8. The van der Waals surface area contributed by atoms with E-state index in [2.05, 4.69) is 36.1 Å². The van der Waals surface area contributed by atoms with Crippen LogP contribution in [-0.4, -0.2) is 44.0 Å². The van der Waals surface area contributed by atoms with Crippen LogP contribution < -0.4 is 15.5 Å². The SMILES string of the molecule is [B]c1cnn2c(NCCNS(=O)(=O)c3ccccc3Br)cc(-c3ccccc3Cl)nc12. The number of rotatable bonds is 7. The smallest absolute Gasteiger partial charge is 0.241 e. The Balaban J connectivity index is 1.55. The number of fused-ring (bicyclic) bond motifs is 1. The molecule has 0 fully saturated rings. The summed E-state index contributed by atoms with van der Waals surface area (Å²) in [6.07, 6.45) is 1.51. The van der Waals surface area contributed by atoms with Gasteiger partial charge in [-0.15, -0.1) is 0 Å². The number of sulfonamides is 1. The van der Waals surface area contributed by atoms with Crippen LogP contribution >= 0.6 is 27.5 Å². The van der Waals surface area contributed by atoms with Crippen LogP contribution in [0.25, 0.3) is 16.9 Å². The van der Waals surface area contributed by atoms with Gasteiger partial charge in [-0.1, -0.05) is 41.9 Å². The van der Waals surface area contributed by atoms with Gasteiger partial charge in [-0.2, -0.15) is 9.61 Å². The molecule has 0 atom stereocenters. The molecule has 0 amide bonds. The number of nitrogens with zero attached hydrogens (tertiary/aromatic N) is 3. The van der Waals surface area contributed by atoms with Crippen molar-refractivity contribution in [1.82, 2.24) is 19.3 Å². The zero-order valence-electron chi connectivity index (χ0n) is 16.1. The fourth-order valence-corrected chi connectivity index (χ4v) is 5.29. The van der Waals surface area contributed by atoms with Gasteiger partial charge in [0.25, 0.3) is 0 Å². The van der Waals surface area contributed by atoms with Gasteiger partial charge < -0.3 is 5.32 Å². The van der Waals surface area contributed by atoms with E-state index in [1.54, 1.807) is 34.8 Å². The first kappa shape index (κ1) is 21.8. The number of aromatic nitrogens is 3. The van der Waals surface area contributed by atoms with Gasteiger partial charge >= 0.3 is 0 Å². The van der Waals surface area contributed by atoms with Gasteiger partial charge in [-0.05, 0) is 39.6 Å². The van der Waals surface area contributed by atoms with Crippen LogP contribution in [0.15, 0.2) is 70.2 Å². The molecule has 2 radical (unpaired) electrons. The summed E-state index contributed by atoms with van der Waals surface area (Å²) in [5.41, 5.74) is 2.28. The van der Waals surface area contributed by atoms with Gasteiger partial charge in [-0.25, -0.2) is 18.1 Å². The quantitative estimate of drug-likeness (QED) is 0.291. The number of nitrogens with one attached hydrogen (secondary N) is 2. The third-order valence-corrected chi connectivity index (χ3v) is 7.30. The summed E-state index contributed by atoms with van der Waals surface area (Å²) in [7, 11) is 2.37. The number of halogens is 2. The monoisotopic (exact) mass is 515 g/mol. The standard InChI is InChI=1S/C20H16BBrClN5O2S/c21-14-12-25-28-19(11-17(27-20(14)28)13-5-1-3-7-16(13)23)24-9-10-26-31(29,30)18-8-4-2-6-15(18)22/h1-8,11-12,24,26H,9-10H2. The van der Waals surface area contributed by atoms with Crippen molar-refractivity contribution in [2.45, 2.75) is 4.90 Å². The molecule has 31 heavy (non-hydrogen) atoms. The number of benzene rings is 2. The zero-order chi connectivity index (χ0) is 22.0. The molecule has 0 aliphatic heterocycles. The van der Waals surface area contributed by atoms with Crippen LogP contribution in [0, 0.1) is 0 Å². The van der Waals surface area contributed by atoms with E-state index in [4.69, 9.17) is 19.4 Å². The minimum atomic E-state index is -3.65. The molecule has 2 heterocycles. The zero-order valence-corrected chi connectivity index (χ0v) is 19.2. The van der Waals surface area contributed by atoms with Crippen LogP contribution in [0.4, 0.5) is 5.82 Å². The molecule has 4 aromatic rings. The van der Waals surface area contributed by atoms with Gasteiger partial charge in [0.15, 0.2) is 5.65 Å². The van der Waals surface area contributed by atoms with Crippen LogP contribution in [0.1, 0.15) is 0 Å². The maximum atomic E-state index is 12.5. The minimum absolute atomic E-state index is 0.158. The summed E-state index contributed by atoms with van der Waals surface area (Å²) >= 11 is 9.60. The van der Waals surface area contributed by atoms with Crippen molar-refractivity contribution >= 4 is 62.3 Å². The first-order valence-corrected chi connectivity index (χ1v) is 11.9. The molecule has 2 aromatic carbocycles. The highest BCUT2D eigenvalue weighted by molar-refractivity contribution is 9.10. The maximum Gasteiger partial charge on any atom is 0.241 e. The number of hydrogen-bond acceptors (Lipinski definition) is 5. The van der Waals surface area contributed by atoms with Crippen molar-refractivity contribution < 1.29 is 8.42 Å². The molecule has 7 nitrogen and oxygen atoms in total. The Kier molecular flexibility index (Phi) is 6.33. The first-order valence-electron chi connectivity index (χ1n) is 9.24. The summed E-state index contributed by atoms with van der Waals surface area (Å²) in [5, 5.41) is 8.00. The average Bonchev–Trinajstić information content (AvgIpc) is 3.12. The lowest BCUT2D eigenvalue weighted by molar-refractivity contribution is 0.582. The van der Waals surface area contributed by atoms with Crippen molar-refractivity contribution in [3.63, 3.8) is 0 Å². The Labute approximate surface area is 194 Å². The highest BCUT2D eigenvalue weighted by atomic mass is 79.9. The fourth-order valence-electron chi connectivity index (χ4n) is 3.03. The van der Waals surface area contributed by atoms with Crippen LogP contribution in [0.5, 0.6) is 0 Å². The molecule has 0 spiro atoms. The molecule has 4 rings (SSSR count). The van der Waals surface area contributed by atoms with E-state index in [0.29, 0.717) is 38.7 Å². The summed E-state index contributed by atoms with van der Waals surface area (Å²) in [4.78, 5) is 4.76. The molecule has 0 saturated heterocycles. The molecule has 2 N–H and O–H groups in total. The molecule has 156 valence electrons. The fraction of sp³-hybridized carbons (Fsp3) is 0.100. The van der Waals surface area contributed by atoms with Crippen LogP contribution in [-0.2, 0) is 10.0 Å². The number of anilines is 1. The third kappa shape index (κ3) is 4.62. The van der Waals surface area contributed by atoms with Gasteiger partial charge in [0.05, 0.1) is 10.6 Å². The van der Waals surface area contributed by atoms with Crippen molar-refractivity contribution in [3.8, 4) is 11.3 Å². The largest absolute Gasteiger partial charge is 0.369 e. The van der Waals surface area contributed by atoms with Gasteiger partial charge in [-0.3, -0.25) is 0 Å². The minimum Gasteiger partial charge on any atom is -0.369 e. The van der Waals surface area contributed by atoms with E-state index in [-0.39, 0.29) is 11.4 Å². The molecule has 0 bridgehead atoms. The van der Waals surface area contributed by atoms with E-state index in [1.165, 1.54) is 12.3 Å². The summed E-state index contributed by atoms with van der Waals surface area (Å²) in [6.45, 7) is 0.468. The molecule has 11 heteroatoms. The van der Waals surface area contributed by atoms with E-state index < -0.39 is 10.0 Å². The highest BCUT2D eigenvalue weighted by Crippen LogP contribution is 2.28. The second-order valence-electron chi connectivity index (χ2n) is 6.60. The summed E-state index contributed by atoms with van der Waals surface area (Å²) < 4.78 is 29.7. The van der Waals surface area contributed by atoms with Crippen molar-refractivity contribution in [1.29, 1.82) is 0 Å². The average molecular weight is 517 g/mol. The number of hydrogen-bond donors (Lipinski definition) is 2. The van der Waals surface area contributed by atoms with Gasteiger partial charge in [0.1, 0.15) is 13.7 Å². The highest BCUT2D eigenvalue weighted by Gasteiger charge is 2.17. The first-order chi connectivity index (χ1) is 14.9. The van der Waals surface area contributed by atoms with E-state index >= 15 is 0 Å². The van der Waals surface area contributed by atoms with Gasteiger partial charge in [0.2, 0.25) is 10.0 Å². The molecular weight excluding hydrogens is 500 g/mol. The van der Waals surface area contributed by atoms with Crippen molar-refractivity contribution in [2.24, 2.45) is 0 Å². The second kappa shape index (κ2) is 9.00. The predicted octanol–water partition coefficient (Wildman–Crippen LogP) is 3.00. The van der Waals surface area contributed by atoms with E-state index in [9.17, 15) is 8.42 Å². The summed E-state index contributed by atoms with van der Waals surface area (Å²) in [5.74, 6) is 0.608. The third-order valence-electron chi connectivity index (χ3n) is 4.50. The van der Waals surface area contributed by atoms with Crippen molar-refractivity contribution in [3.05, 3.63) is 70.3 Å². The predicted molar refractivity (Wildman–Crippen MR) is 127 cm³/mol. The van der Waals surface area contributed by atoms with Gasteiger partial charge in [0, 0.05) is 40.4 Å². The Morgan fingerprint density at radius 3 is 2.61 bits per heavy atom. The Bertz CT molecular complexity index is 1360. The van der Waals surface area contributed by atoms with Crippen molar-refractivity contribution in [2.75, 3.05) is 18.4 Å².